The number of aliphatic hydroxyl groups is 1. The number of nitrogens with two attached hydrogens (primary N) is 1. The first-order chi connectivity index (χ1) is 7.10. The van der Waals surface area contributed by atoms with E-state index in [1.807, 2.05) is 0 Å². The molecule has 0 aliphatic heterocycles. The lowest BCUT2D eigenvalue weighted by atomic mass is 10.0. The second-order valence-electron chi connectivity index (χ2n) is 3.02. The summed E-state index contributed by atoms with van der Waals surface area (Å²) in [7, 11) is 1.17. The number of hydrogen-bond donors (Lipinski definition) is 2. The average Bonchev–Trinajstić information content (AvgIpc) is 2.27. The van der Waals surface area contributed by atoms with E-state index in [-0.39, 0.29) is 12.2 Å². The zero-order chi connectivity index (χ0) is 11.4. The largest absolute Gasteiger partial charge is 0.465 e. The van der Waals surface area contributed by atoms with Gasteiger partial charge in [-0.1, -0.05) is 6.07 Å². The van der Waals surface area contributed by atoms with Gasteiger partial charge < -0.3 is 15.6 Å². The molecule has 5 heteroatoms. The Labute approximate surface area is 86.5 Å². The molecule has 0 saturated carbocycles. The molecule has 1 aromatic rings. The van der Waals surface area contributed by atoms with Gasteiger partial charge in [-0.25, -0.2) is 9.18 Å². The van der Waals surface area contributed by atoms with Gasteiger partial charge in [-0.15, -0.1) is 0 Å². The summed E-state index contributed by atoms with van der Waals surface area (Å²) in [6.45, 7) is -0.272. The first-order valence-corrected chi connectivity index (χ1v) is 4.34. The Bertz CT molecular complexity index is 368. The minimum atomic E-state index is -0.764. The number of carbonyl (C=O) groups excluding carboxylic acids is 1. The molecule has 0 radical (unpaired) electrons. The van der Waals surface area contributed by atoms with Crippen LogP contribution in [0.1, 0.15) is 22.0 Å². The summed E-state index contributed by atoms with van der Waals surface area (Å²) in [4.78, 5) is 11.1. The fourth-order valence-corrected chi connectivity index (χ4v) is 1.15. The standard InChI is InChI=1S/C10H12FNO3/c1-15-10(14)7-4-6(9(12)5-13)2-3-8(7)11/h2-4,9,13H,5,12H2,1H3/t9-/m0/s1. The zero-order valence-electron chi connectivity index (χ0n) is 8.24. The van der Waals surface area contributed by atoms with Crippen molar-refractivity contribution >= 4 is 5.97 Å². The molecule has 0 saturated heterocycles. The number of halogens is 1. The number of esters is 1. The van der Waals surface area contributed by atoms with Crippen molar-refractivity contribution in [2.75, 3.05) is 13.7 Å². The maximum atomic E-state index is 13.2. The quantitative estimate of drug-likeness (QED) is 0.721. The van der Waals surface area contributed by atoms with Crippen molar-refractivity contribution in [2.24, 2.45) is 5.73 Å². The van der Waals surface area contributed by atoms with E-state index in [2.05, 4.69) is 4.74 Å². The Morgan fingerprint density at radius 1 is 1.67 bits per heavy atom. The molecule has 15 heavy (non-hydrogen) atoms. The van der Waals surface area contributed by atoms with Crippen molar-refractivity contribution in [3.8, 4) is 0 Å². The van der Waals surface area contributed by atoms with Crippen LogP contribution in [0, 0.1) is 5.82 Å². The molecule has 0 aliphatic carbocycles. The van der Waals surface area contributed by atoms with Gasteiger partial charge in [-0.05, 0) is 17.7 Å². The van der Waals surface area contributed by atoms with Crippen LogP contribution in [-0.4, -0.2) is 24.8 Å². The van der Waals surface area contributed by atoms with Crippen LogP contribution in [-0.2, 0) is 4.74 Å². The summed E-state index contributed by atoms with van der Waals surface area (Å²) in [6, 6.07) is 3.19. The third kappa shape index (κ3) is 2.51. The van der Waals surface area contributed by atoms with Gasteiger partial charge >= 0.3 is 5.97 Å². The molecule has 0 heterocycles. The lowest BCUT2D eigenvalue weighted by Gasteiger charge is -2.10. The van der Waals surface area contributed by atoms with Crippen molar-refractivity contribution in [3.63, 3.8) is 0 Å². The molecule has 0 unspecified atom stereocenters. The normalized spacial score (nSPS) is 12.3. The lowest BCUT2D eigenvalue weighted by molar-refractivity contribution is 0.0595. The molecule has 3 N–H and O–H groups in total. The number of ether oxygens (including phenoxy) is 1. The molecule has 0 aliphatic rings. The van der Waals surface area contributed by atoms with Crippen molar-refractivity contribution in [2.45, 2.75) is 6.04 Å². The summed E-state index contributed by atoms with van der Waals surface area (Å²) in [5.41, 5.74) is 5.83. The number of hydrogen-bond acceptors (Lipinski definition) is 4. The van der Waals surface area contributed by atoms with Gasteiger partial charge in [0.2, 0.25) is 0 Å². The van der Waals surface area contributed by atoms with Crippen LogP contribution < -0.4 is 5.73 Å². The SMILES string of the molecule is COC(=O)c1cc([C@@H](N)CO)ccc1F. The topological polar surface area (TPSA) is 72.5 Å². The molecular weight excluding hydrogens is 201 g/mol. The number of rotatable bonds is 3. The molecule has 0 spiro atoms. The number of carbonyl (C=O) groups is 1. The van der Waals surface area contributed by atoms with Gasteiger partial charge in [0.05, 0.1) is 25.3 Å². The van der Waals surface area contributed by atoms with Crippen molar-refractivity contribution in [1.82, 2.24) is 0 Å². The van der Waals surface area contributed by atoms with Gasteiger partial charge in [-0.3, -0.25) is 0 Å². The monoisotopic (exact) mass is 213 g/mol. The van der Waals surface area contributed by atoms with Crippen LogP contribution in [0.4, 0.5) is 4.39 Å². The van der Waals surface area contributed by atoms with E-state index in [0.29, 0.717) is 5.56 Å². The average molecular weight is 213 g/mol. The summed E-state index contributed by atoms with van der Waals surface area (Å²) < 4.78 is 17.6. The second-order valence-corrected chi connectivity index (χ2v) is 3.02. The maximum absolute atomic E-state index is 13.2. The fraction of sp³-hybridized carbons (Fsp3) is 0.300. The Morgan fingerprint density at radius 2 is 2.33 bits per heavy atom. The van der Waals surface area contributed by atoms with Crippen molar-refractivity contribution in [1.29, 1.82) is 0 Å². The third-order valence-corrected chi connectivity index (χ3v) is 2.02. The van der Waals surface area contributed by atoms with E-state index >= 15 is 0 Å². The van der Waals surface area contributed by atoms with E-state index < -0.39 is 17.8 Å². The van der Waals surface area contributed by atoms with Crippen LogP contribution in [0.2, 0.25) is 0 Å². The molecule has 0 amide bonds. The zero-order valence-corrected chi connectivity index (χ0v) is 8.24. The van der Waals surface area contributed by atoms with Gasteiger partial charge in [0.25, 0.3) is 0 Å². The minimum Gasteiger partial charge on any atom is -0.465 e. The predicted molar refractivity (Wildman–Crippen MR) is 51.8 cm³/mol. The Morgan fingerprint density at radius 3 is 2.87 bits per heavy atom. The highest BCUT2D eigenvalue weighted by Crippen LogP contribution is 2.16. The van der Waals surface area contributed by atoms with E-state index in [9.17, 15) is 9.18 Å². The molecule has 0 aromatic heterocycles. The molecule has 1 aromatic carbocycles. The highest BCUT2D eigenvalue weighted by atomic mass is 19.1. The van der Waals surface area contributed by atoms with Crippen LogP contribution in [0.3, 0.4) is 0 Å². The first kappa shape index (κ1) is 11.6. The van der Waals surface area contributed by atoms with Crippen LogP contribution in [0.5, 0.6) is 0 Å². The summed E-state index contributed by atoms with van der Waals surface area (Å²) >= 11 is 0. The molecule has 4 nitrogen and oxygen atoms in total. The molecule has 82 valence electrons. The second kappa shape index (κ2) is 4.86. The van der Waals surface area contributed by atoms with E-state index in [1.165, 1.54) is 19.2 Å². The van der Waals surface area contributed by atoms with Crippen molar-refractivity contribution < 1.29 is 19.0 Å². The lowest BCUT2D eigenvalue weighted by Crippen LogP contribution is -2.16. The molecule has 0 fully saturated rings. The van der Waals surface area contributed by atoms with Gasteiger partial charge in [0.1, 0.15) is 5.82 Å². The van der Waals surface area contributed by atoms with Crippen molar-refractivity contribution in [3.05, 3.63) is 35.1 Å². The Kier molecular flexibility index (Phi) is 3.76. The van der Waals surface area contributed by atoms with Crippen LogP contribution >= 0.6 is 0 Å². The summed E-state index contributed by atoms with van der Waals surface area (Å²) in [6.07, 6.45) is 0. The predicted octanol–water partition coefficient (Wildman–Crippen LogP) is 0.604. The van der Waals surface area contributed by atoms with Crippen LogP contribution in [0.15, 0.2) is 18.2 Å². The highest BCUT2D eigenvalue weighted by molar-refractivity contribution is 5.89. The highest BCUT2D eigenvalue weighted by Gasteiger charge is 2.14. The van der Waals surface area contributed by atoms with Gasteiger partial charge in [0, 0.05) is 0 Å². The fourth-order valence-electron chi connectivity index (χ4n) is 1.15. The molecule has 1 atom stereocenters. The van der Waals surface area contributed by atoms with Gasteiger partial charge in [-0.2, -0.15) is 0 Å². The maximum Gasteiger partial charge on any atom is 0.340 e. The third-order valence-electron chi connectivity index (χ3n) is 2.02. The van der Waals surface area contributed by atoms with E-state index in [1.54, 1.807) is 0 Å². The number of aliphatic hydroxyl groups excluding tert-OH is 1. The molecular formula is C10H12FNO3. The molecule has 0 bridgehead atoms. The number of benzene rings is 1. The Hall–Kier alpha value is -1.46. The molecule has 1 rings (SSSR count). The summed E-state index contributed by atoms with van der Waals surface area (Å²) in [5.74, 6) is -1.43. The summed E-state index contributed by atoms with van der Waals surface area (Å²) in [5, 5.41) is 8.81. The minimum absolute atomic E-state index is 0.182. The van der Waals surface area contributed by atoms with E-state index in [4.69, 9.17) is 10.8 Å². The van der Waals surface area contributed by atoms with E-state index in [0.717, 1.165) is 6.07 Å². The number of methoxy groups -OCH3 is 1. The first-order valence-electron chi connectivity index (χ1n) is 4.34. The van der Waals surface area contributed by atoms with Crippen LogP contribution in [0.25, 0.3) is 0 Å². The van der Waals surface area contributed by atoms with Gasteiger partial charge in [0.15, 0.2) is 0 Å². The smallest absolute Gasteiger partial charge is 0.340 e. The Balaban J connectivity index is 3.10.